The Kier molecular flexibility index (Phi) is 4.52. The number of fused-ring (bicyclic) bond motifs is 7. The van der Waals surface area contributed by atoms with Crippen LogP contribution >= 0.6 is 34.8 Å². The number of carbonyl (C=O) groups excluding carboxylic acids is 2. The van der Waals surface area contributed by atoms with E-state index in [1.54, 1.807) is 11.0 Å². The molecule has 3 N–H and O–H groups in total. The van der Waals surface area contributed by atoms with E-state index in [-0.39, 0.29) is 34.4 Å². The van der Waals surface area contributed by atoms with Crippen LogP contribution in [0.5, 0.6) is 5.75 Å². The molecule has 6 rings (SSSR count). The first-order chi connectivity index (χ1) is 15.6. The lowest BCUT2D eigenvalue weighted by Gasteiger charge is -2.41. The fourth-order valence-electron chi connectivity index (χ4n) is 6.32. The van der Waals surface area contributed by atoms with E-state index in [9.17, 15) is 24.2 Å². The van der Waals surface area contributed by atoms with Crippen molar-refractivity contribution >= 4 is 58.0 Å². The third-order valence-corrected chi connectivity index (χ3v) is 8.05. The van der Waals surface area contributed by atoms with Crippen molar-refractivity contribution in [2.75, 3.05) is 16.8 Å². The van der Waals surface area contributed by atoms with Gasteiger partial charge in [-0.25, -0.2) is 9.29 Å². The number of halogens is 4. The average Bonchev–Trinajstić information content (AvgIpc) is 3.37. The zero-order valence-electron chi connectivity index (χ0n) is 16.8. The van der Waals surface area contributed by atoms with Crippen LogP contribution in [0.4, 0.5) is 15.8 Å². The lowest BCUT2D eigenvalue weighted by atomic mass is 9.75. The number of nitrogens with zero attached hydrogens (tertiary/aromatic N) is 2. The summed E-state index contributed by atoms with van der Waals surface area (Å²) in [7, 11) is 0. The maximum Gasteiger partial charge on any atom is 0.240 e. The number of benzene rings is 2. The molecule has 172 valence electrons. The van der Waals surface area contributed by atoms with Gasteiger partial charge in [0, 0.05) is 34.3 Å². The molecule has 0 aromatic heterocycles. The van der Waals surface area contributed by atoms with Gasteiger partial charge in [-0.2, -0.15) is 0 Å². The van der Waals surface area contributed by atoms with Crippen molar-refractivity contribution in [3.8, 4) is 5.75 Å². The summed E-state index contributed by atoms with van der Waals surface area (Å²) < 4.78 is 14.7. The molecule has 0 aliphatic carbocycles. The fourth-order valence-corrected chi connectivity index (χ4v) is 7.09. The summed E-state index contributed by atoms with van der Waals surface area (Å²) in [5, 5.41) is 24.9. The molecule has 4 heterocycles. The van der Waals surface area contributed by atoms with Gasteiger partial charge in [-0.1, -0.05) is 34.8 Å². The van der Waals surface area contributed by atoms with Gasteiger partial charge < -0.3 is 15.5 Å². The van der Waals surface area contributed by atoms with Crippen molar-refractivity contribution in [3.05, 3.63) is 51.0 Å². The topological polar surface area (TPSA) is 93.1 Å². The van der Waals surface area contributed by atoms with Crippen molar-refractivity contribution in [3.63, 3.8) is 0 Å². The van der Waals surface area contributed by atoms with Crippen molar-refractivity contribution in [2.24, 2.45) is 11.8 Å². The molecular formula is C22H17Cl3FN3O4. The van der Waals surface area contributed by atoms with Gasteiger partial charge in [-0.15, -0.1) is 0 Å². The second kappa shape index (κ2) is 6.96. The minimum Gasteiger partial charge on any atom is -0.508 e. The molecule has 0 radical (unpaired) electrons. The SMILES string of the molecule is O=C1C2C3C[C@H](F)CN3C3(c4cc(Cl)cc(Cl)c4NC3O)C2C(=O)N1c1cc(O)cc(Cl)c1. The summed E-state index contributed by atoms with van der Waals surface area (Å²) in [4.78, 5) is 30.2. The Morgan fingerprint density at radius 2 is 1.79 bits per heavy atom. The highest BCUT2D eigenvalue weighted by molar-refractivity contribution is 6.37. The summed E-state index contributed by atoms with van der Waals surface area (Å²) in [6.45, 7) is -0.0432. The number of phenolic OH excluding ortho intramolecular Hbond substituents is 1. The summed E-state index contributed by atoms with van der Waals surface area (Å²) >= 11 is 18.7. The zero-order chi connectivity index (χ0) is 23.4. The van der Waals surface area contributed by atoms with Gasteiger partial charge in [0.2, 0.25) is 11.8 Å². The molecule has 4 aliphatic rings. The lowest BCUT2D eigenvalue weighted by Crippen LogP contribution is -2.56. The fraction of sp³-hybridized carbons (Fsp3) is 0.364. The first-order valence-corrected chi connectivity index (χ1v) is 11.5. The molecule has 4 aliphatic heterocycles. The first-order valence-electron chi connectivity index (χ1n) is 10.4. The van der Waals surface area contributed by atoms with E-state index in [0.29, 0.717) is 16.3 Å². The van der Waals surface area contributed by atoms with E-state index in [2.05, 4.69) is 5.32 Å². The predicted molar refractivity (Wildman–Crippen MR) is 120 cm³/mol. The van der Waals surface area contributed by atoms with Crippen LogP contribution in [-0.2, 0) is 15.1 Å². The second-order valence-corrected chi connectivity index (χ2v) is 10.2. The molecule has 3 fully saturated rings. The molecule has 5 unspecified atom stereocenters. The Balaban J connectivity index is 1.58. The van der Waals surface area contributed by atoms with E-state index in [4.69, 9.17) is 34.8 Å². The number of aliphatic hydroxyl groups excluding tert-OH is 1. The van der Waals surface area contributed by atoms with E-state index in [1.807, 2.05) is 0 Å². The first kappa shape index (κ1) is 21.4. The van der Waals surface area contributed by atoms with Gasteiger partial charge in [0.05, 0.1) is 28.2 Å². The van der Waals surface area contributed by atoms with Gasteiger partial charge in [0.1, 0.15) is 23.7 Å². The zero-order valence-corrected chi connectivity index (χ0v) is 19.1. The third-order valence-electron chi connectivity index (χ3n) is 7.32. The van der Waals surface area contributed by atoms with Gasteiger partial charge in [-0.3, -0.25) is 14.5 Å². The molecule has 6 atom stereocenters. The van der Waals surface area contributed by atoms with Crippen LogP contribution in [0, 0.1) is 11.8 Å². The van der Waals surface area contributed by atoms with Crippen molar-refractivity contribution in [1.29, 1.82) is 0 Å². The van der Waals surface area contributed by atoms with Gasteiger partial charge in [0.25, 0.3) is 0 Å². The van der Waals surface area contributed by atoms with E-state index in [0.717, 1.165) is 4.90 Å². The Morgan fingerprint density at radius 3 is 2.52 bits per heavy atom. The molecule has 0 saturated carbocycles. The number of nitrogens with one attached hydrogen (secondary N) is 1. The number of hydrogen-bond donors (Lipinski definition) is 3. The number of hydrogen-bond acceptors (Lipinski definition) is 6. The van der Waals surface area contributed by atoms with Crippen molar-refractivity contribution < 1.29 is 24.2 Å². The smallest absolute Gasteiger partial charge is 0.240 e. The number of imide groups is 1. The standard InChI is InChI=1S/C22H17Cl3FN3O4/c23-8-1-11(6-12(30)2-8)29-19(31)16-15-5-10(26)7-28(15)22(17(16)20(29)32)13-3-9(24)4-14(25)18(13)27-21(22)33/h1-4,6,10,15-17,21,27,30,33H,5,7H2/t10-,15?,16?,17?,21?,22?/m0/s1. The minimum atomic E-state index is -1.44. The van der Waals surface area contributed by atoms with E-state index in [1.165, 1.54) is 24.3 Å². The Labute approximate surface area is 202 Å². The Hall–Kier alpha value is -2.10. The highest BCUT2D eigenvalue weighted by atomic mass is 35.5. The molecule has 2 aromatic rings. The Morgan fingerprint density at radius 1 is 1.06 bits per heavy atom. The number of alkyl halides is 1. The van der Waals surface area contributed by atoms with Crippen LogP contribution in [0.25, 0.3) is 0 Å². The number of amides is 2. The highest BCUT2D eigenvalue weighted by Crippen LogP contribution is 2.63. The molecule has 7 nitrogen and oxygen atoms in total. The van der Waals surface area contributed by atoms with Crippen LogP contribution in [0.15, 0.2) is 30.3 Å². The molecule has 2 amide bonds. The summed E-state index contributed by atoms with van der Waals surface area (Å²) in [6, 6.07) is 6.46. The maximum absolute atomic E-state index is 14.7. The molecular weight excluding hydrogens is 496 g/mol. The number of aliphatic hydroxyl groups is 1. The number of rotatable bonds is 1. The molecule has 33 heavy (non-hydrogen) atoms. The van der Waals surface area contributed by atoms with Crippen LogP contribution in [0.3, 0.4) is 0 Å². The van der Waals surface area contributed by atoms with Crippen LogP contribution < -0.4 is 10.2 Å². The molecule has 3 saturated heterocycles. The number of phenols is 1. The number of anilines is 2. The molecule has 0 bridgehead atoms. The average molecular weight is 513 g/mol. The van der Waals surface area contributed by atoms with E-state index < -0.39 is 47.6 Å². The lowest BCUT2D eigenvalue weighted by molar-refractivity contribution is -0.127. The van der Waals surface area contributed by atoms with Crippen LogP contribution in [-0.4, -0.2) is 51.9 Å². The van der Waals surface area contributed by atoms with Gasteiger partial charge >= 0.3 is 0 Å². The second-order valence-electron chi connectivity index (χ2n) is 8.92. The van der Waals surface area contributed by atoms with Crippen LogP contribution in [0.1, 0.15) is 12.0 Å². The summed E-state index contributed by atoms with van der Waals surface area (Å²) in [5.74, 6) is -3.23. The third kappa shape index (κ3) is 2.64. The summed E-state index contributed by atoms with van der Waals surface area (Å²) in [5.41, 5.74) is -0.474. The maximum atomic E-state index is 14.7. The van der Waals surface area contributed by atoms with Crippen molar-refractivity contribution in [2.45, 2.75) is 30.4 Å². The predicted octanol–water partition coefficient (Wildman–Crippen LogP) is 3.52. The number of carbonyl (C=O) groups is 2. The van der Waals surface area contributed by atoms with Gasteiger partial charge in [0.15, 0.2) is 0 Å². The van der Waals surface area contributed by atoms with Crippen molar-refractivity contribution in [1.82, 2.24) is 4.90 Å². The molecule has 1 spiro atoms. The number of aromatic hydroxyl groups is 1. The van der Waals surface area contributed by atoms with E-state index >= 15 is 0 Å². The minimum absolute atomic E-state index is 0.0432. The molecule has 2 aromatic carbocycles. The summed E-state index contributed by atoms with van der Waals surface area (Å²) in [6.07, 6.45) is -2.52. The largest absolute Gasteiger partial charge is 0.508 e. The Bertz CT molecular complexity index is 1230. The van der Waals surface area contributed by atoms with Gasteiger partial charge in [-0.05, 0) is 30.7 Å². The monoisotopic (exact) mass is 511 g/mol. The van der Waals surface area contributed by atoms with Crippen LogP contribution in [0.2, 0.25) is 15.1 Å². The quantitative estimate of drug-likeness (QED) is 0.507. The molecule has 11 heteroatoms. The normalized spacial score (nSPS) is 34.7. The highest BCUT2D eigenvalue weighted by Gasteiger charge is 2.75.